The second kappa shape index (κ2) is 8.44. The Balaban J connectivity index is 3.61. The van der Waals surface area contributed by atoms with Gasteiger partial charge in [0, 0.05) is 26.6 Å². The van der Waals surface area contributed by atoms with Crippen molar-refractivity contribution >= 4 is 5.91 Å². The van der Waals surface area contributed by atoms with Crippen LogP contribution in [-0.2, 0) is 14.3 Å². The molecule has 1 unspecified atom stereocenters. The highest BCUT2D eigenvalue weighted by Crippen LogP contribution is 2.14. The first-order valence-corrected chi connectivity index (χ1v) is 6.07. The van der Waals surface area contributed by atoms with Gasteiger partial charge in [-0.05, 0) is 27.2 Å². The van der Waals surface area contributed by atoms with Crippen molar-refractivity contribution in [2.45, 2.75) is 45.8 Å². The molecule has 1 amide bonds. The molecule has 0 aromatic heterocycles. The molecule has 0 fully saturated rings. The fraction of sp³-hybridized carbons (Fsp3) is 0.917. The Kier molecular flexibility index (Phi) is 8.12. The van der Waals surface area contributed by atoms with Gasteiger partial charge < -0.3 is 20.5 Å². The second-order valence-corrected chi connectivity index (χ2v) is 4.76. The van der Waals surface area contributed by atoms with Crippen molar-refractivity contribution < 1.29 is 14.3 Å². The average molecular weight is 246 g/mol. The molecule has 0 bridgehead atoms. The normalized spacial score (nSPS) is 13.5. The molecule has 0 aromatic rings. The minimum absolute atomic E-state index is 0.0356. The van der Waals surface area contributed by atoms with E-state index in [4.69, 9.17) is 15.2 Å². The molecule has 0 saturated carbocycles. The van der Waals surface area contributed by atoms with Crippen LogP contribution >= 0.6 is 0 Å². The molecule has 1 atom stereocenters. The number of nitrogens with two attached hydrogens (primary N) is 1. The van der Waals surface area contributed by atoms with Crippen molar-refractivity contribution in [1.82, 2.24) is 5.32 Å². The first-order valence-electron chi connectivity index (χ1n) is 6.07. The highest BCUT2D eigenvalue weighted by Gasteiger charge is 2.18. The van der Waals surface area contributed by atoms with Crippen molar-refractivity contribution in [2.75, 3.05) is 26.3 Å². The SMILES string of the molecule is CC(=O)NCCOC(C)(C)CCOC(C)CN. The third-order valence-corrected chi connectivity index (χ3v) is 2.41. The average Bonchev–Trinajstić information content (AvgIpc) is 2.23. The maximum atomic E-state index is 10.6. The fourth-order valence-corrected chi connectivity index (χ4v) is 1.20. The monoisotopic (exact) mass is 246 g/mol. The van der Waals surface area contributed by atoms with E-state index in [0.29, 0.717) is 26.3 Å². The molecule has 0 spiro atoms. The van der Waals surface area contributed by atoms with E-state index in [9.17, 15) is 4.79 Å². The van der Waals surface area contributed by atoms with Crippen LogP contribution in [0.1, 0.15) is 34.1 Å². The fourth-order valence-electron chi connectivity index (χ4n) is 1.20. The minimum atomic E-state index is -0.243. The summed E-state index contributed by atoms with van der Waals surface area (Å²) in [6.45, 7) is 9.68. The van der Waals surface area contributed by atoms with Gasteiger partial charge in [0.1, 0.15) is 0 Å². The van der Waals surface area contributed by atoms with Crippen LogP contribution < -0.4 is 11.1 Å². The number of rotatable bonds is 9. The van der Waals surface area contributed by atoms with Crippen molar-refractivity contribution in [3.8, 4) is 0 Å². The van der Waals surface area contributed by atoms with E-state index in [2.05, 4.69) is 5.32 Å². The summed E-state index contributed by atoms with van der Waals surface area (Å²) in [5, 5.41) is 2.69. The van der Waals surface area contributed by atoms with E-state index in [1.807, 2.05) is 20.8 Å². The molecule has 0 aliphatic rings. The van der Waals surface area contributed by atoms with Gasteiger partial charge in [-0.3, -0.25) is 4.79 Å². The molecule has 0 rings (SSSR count). The quantitative estimate of drug-likeness (QED) is 0.587. The van der Waals surface area contributed by atoms with Gasteiger partial charge in [0.05, 0.1) is 18.3 Å². The smallest absolute Gasteiger partial charge is 0.216 e. The molecule has 0 aliphatic carbocycles. The maximum Gasteiger partial charge on any atom is 0.216 e. The molecular weight excluding hydrogens is 220 g/mol. The highest BCUT2D eigenvalue weighted by molar-refractivity contribution is 5.72. The molecule has 5 heteroatoms. The predicted octanol–water partition coefficient (Wildman–Crippen LogP) is 0.672. The lowest BCUT2D eigenvalue weighted by molar-refractivity contribution is -0.119. The molecule has 0 radical (unpaired) electrons. The van der Waals surface area contributed by atoms with E-state index in [0.717, 1.165) is 6.42 Å². The third-order valence-electron chi connectivity index (χ3n) is 2.41. The lowest BCUT2D eigenvalue weighted by Gasteiger charge is -2.26. The van der Waals surface area contributed by atoms with Gasteiger partial charge in [0.2, 0.25) is 5.91 Å². The topological polar surface area (TPSA) is 73.6 Å². The minimum Gasteiger partial charge on any atom is -0.377 e. The van der Waals surface area contributed by atoms with Crippen LogP contribution in [0.3, 0.4) is 0 Å². The zero-order valence-corrected chi connectivity index (χ0v) is 11.4. The van der Waals surface area contributed by atoms with Gasteiger partial charge in [-0.2, -0.15) is 0 Å². The van der Waals surface area contributed by atoms with Crippen LogP contribution in [0, 0.1) is 0 Å². The zero-order chi connectivity index (χ0) is 13.3. The number of carbonyl (C=O) groups excluding carboxylic acids is 1. The summed E-state index contributed by atoms with van der Waals surface area (Å²) in [5.41, 5.74) is 5.21. The van der Waals surface area contributed by atoms with Crippen LogP contribution in [0.2, 0.25) is 0 Å². The number of carbonyl (C=O) groups is 1. The molecule has 3 N–H and O–H groups in total. The molecule has 102 valence electrons. The third kappa shape index (κ3) is 10.2. The molecule has 0 aromatic carbocycles. The van der Waals surface area contributed by atoms with Gasteiger partial charge in [-0.25, -0.2) is 0 Å². The Bertz CT molecular complexity index is 220. The summed E-state index contributed by atoms with van der Waals surface area (Å²) in [4.78, 5) is 10.6. The van der Waals surface area contributed by atoms with Gasteiger partial charge in [0.15, 0.2) is 0 Å². The Morgan fingerprint density at radius 3 is 2.59 bits per heavy atom. The van der Waals surface area contributed by atoms with Crippen molar-refractivity contribution in [1.29, 1.82) is 0 Å². The number of nitrogens with one attached hydrogen (secondary N) is 1. The number of ether oxygens (including phenoxy) is 2. The Morgan fingerprint density at radius 1 is 1.41 bits per heavy atom. The highest BCUT2D eigenvalue weighted by atomic mass is 16.5. The lowest BCUT2D eigenvalue weighted by Crippen LogP contribution is -2.32. The van der Waals surface area contributed by atoms with Crippen LogP contribution in [0.15, 0.2) is 0 Å². The first kappa shape index (κ1) is 16.4. The van der Waals surface area contributed by atoms with Crippen molar-refractivity contribution in [3.05, 3.63) is 0 Å². The summed E-state index contributed by atoms with van der Waals surface area (Å²) >= 11 is 0. The summed E-state index contributed by atoms with van der Waals surface area (Å²) in [6, 6.07) is 0. The Morgan fingerprint density at radius 2 is 2.06 bits per heavy atom. The van der Waals surface area contributed by atoms with E-state index in [1.54, 1.807) is 0 Å². The number of hydrogen-bond donors (Lipinski definition) is 2. The lowest BCUT2D eigenvalue weighted by atomic mass is 10.1. The maximum absolute atomic E-state index is 10.6. The largest absolute Gasteiger partial charge is 0.377 e. The molecule has 0 heterocycles. The summed E-state index contributed by atoms with van der Waals surface area (Å²) in [5.74, 6) is -0.0356. The molecular formula is C12H26N2O3. The van der Waals surface area contributed by atoms with Crippen LogP contribution in [-0.4, -0.2) is 43.9 Å². The molecule has 17 heavy (non-hydrogen) atoms. The standard InChI is InChI=1S/C12H26N2O3/c1-10(9-13)16-7-5-12(3,4)17-8-6-14-11(2)15/h10H,5-9,13H2,1-4H3,(H,14,15). The summed E-state index contributed by atoms with van der Waals surface area (Å²) in [7, 11) is 0. The molecule has 0 saturated heterocycles. The van der Waals surface area contributed by atoms with Gasteiger partial charge in [-0.1, -0.05) is 0 Å². The van der Waals surface area contributed by atoms with E-state index >= 15 is 0 Å². The first-order chi connectivity index (χ1) is 7.87. The summed E-state index contributed by atoms with van der Waals surface area (Å²) < 4.78 is 11.2. The van der Waals surface area contributed by atoms with E-state index in [1.165, 1.54) is 6.92 Å². The van der Waals surface area contributed by atoms with Crippen molar-refractivity contribution in [3.63, 3.8) is 0 Å². The van der Waals surface area contributed by atoms with Crippen LogP contribution in [0.4, 0.5) is 0 Å². The van der Waals surface area contributed by atoms with Gasteiger partial charge >= 0.3 is 0 Å². The van der Waals surface area contributed by atoms with Crippen molar-refractivity contribution in [2.24, 2.45) is 5.73 Å². The van der Waals surface area contributed by atoms with Crippen LogP contribution in [0.25, 0.3) is 0 Å². The zero-order valence-electron chi connectivity index (χ0n) is 11.4. The van der Waals surface area contributed by atoms with Crippen LogP contribution in [0.5, 0.6) is 0 Å². The molecule has 0 aliphatic heterocycles. The Hall–Kier alpha value is -0.650. The Labute approximate surface area is 104 Å². The van der Waals surface area contributed by atoms with Gasteiger partial charge in [0.25, 0.3) is 0 Å². The molecule has 5 nitrogen and oxygen atoms in total. The van der Waals surface area contributed by atoms with E-state index in [-0.39, 0.29) is 17.6 Å². The second-order valence-electron chi connectivity index (χ2n) is 4.76. The number of amides is 1. The van der Waals surface area contributed by atoms with E-state index < -0.39 is 0 Å². The number of hydrogen-bond acceptors (Lipinski definition) is 4. The summed E-state index contributed by atoms with van der Waals surface area (Å²) in [6.07, 6.45) is 0.891. The van der Waals surface area contributed by atoms with Gasteiger partial charge in [-0.15, -0.1) is 0 Å². The predicted molar refractivity (Wildman–Crippen MR) is 67.8 cm³/mol.